The number of carbonyl (C=O) groups is 1. The largest absolute Gasteiger partial charge is 0.492 e. The Kier molecular flexibility index (Phi) is 7.35. The highest BCUT2D eigenvalue weighted by Crippen LogP contribution is 2.22. The fourth-order valence-corrected chi connectivity index (χ4v) is 3.74. The van der Waals surface area contributed by atoms with Gasteiger partial charge in [-0.3, -0.25) is 9.69 Å². The molecule has 28 heavy (non-hydrogen) atoms. The van der Waals surface area contributed by atoms with Crippen molar-refractivity contribution in [3.63, 3.8) is 0 Å². The first-order chi connectivity index (χ1) is 13.5. The summed E-state index contributed by atoms with van der Waals surface area (Å²) in [4.78, 5) is 14.8. The predicted octanol–water partition coefficient (Wildman–Crippen LogP) is 4.36. The highest BCUT2D eigenvalue weighted by molar-refractivity contribution is 6.31. The van der Waals surface area contributed by atoms with Crippen molar-refractivity contribution in [3.8, 4) is 5.75 Å². The minimum atomic E-state index is 0.0996. The van der Waals surface area contributed by atoms with Crippen LogP contribution in [0.3, 0.4) is 0 Å². The maximum Gasteiger partial charge on any atom is 0.223 e. The van der Waals surface area contributed by atoms with E-state index in [1.54, 1.807) is 0 Å². The summed E-state index contributed by atoms with van der Waals surface area (Å²) >= 11 is 6.10. The van der Waals surface area contributed by atoms with E-state index in [0.717, 1.165) is 43.8 Å². The number of likely N-dealkylation sites (tertiary alicyclic amines) is 1. The quantitative estimate of drug-likeness (QED) is 0.702. The molecule has 0 atom stereocenters. The molecular formula is C23H29ClN2O2. The maximum absolute atomic E-state index is 12.4. The lowest BCUT2D eigenvalue weighted by atomic mass is 9.95. The summed E-state index contributed by atoms with van der Waals surface area (Å²) < 4.78 is 5.67. The van der Waals surface area contributed by atoms with Crippen molar-refractivity contribution in [2.45, 2.75) is 33.2 Å². The molecule has 1 fully saturated rings. The summed E-state index contributed by atoms with van der Waals surface area (Å²) in [5.74, 6) is 0.970. The molecule has 0 spiro atoms. The Morgan fingerprint density at radius 2 is 1.96 bits per heavy atom. The molecule has 4 nitrogen and oxygen atoms in total. The minimum absolute atomic E-state index is 0.0996. The molecule has 3 rings (SSSR count). The Morgan fingerprint density at radius 1 is 1.18 bits per heavy atom. The fourth-order valence-electron chi connectivity index (χ4n) is 3.57. The Morgan fingerprint density at radius 3 is 2.68 bits per heavy atom. The summed E-state index contributed by atoms with van der Waals surface area (Å²) in [6.45, 7) is 7.92. The van der Waals surface area contributed by atoms with Crippen molar-refractivity contribution in [3.05, 3.63) is 64.2 Å². The highest BCUT2D eigenvalue weighted by Gasteiger charge is 2.24. The molecule has 0 aliphatic carbocycles. The smallest absolute Gasteiger partial charge is 0.223 e. The van der Waals surface area contributed by atoms with Gasteiger partial charge in [0.2, 0.25) is 5.91 Å². The molecular weight excluding hydrogens is 372 g/mol. The molecule has 1 aliphatic rings. The molecule has 1 N–H and O–H groups in total. The van der Waals surface area contributed by atoms with Gasteiger partial charge in [0.25, 0.3) is 0 Å². The average Bonchev–Trinajstić information content (AvgIpc) is 2.68. The van der Waals surface area contributed by atoms with E-state index in [4.69, 9.17) is 16.3 Å². The van der Waals surface area contributed by atoms with E-state index in [9.17, 15) is 4.79 Å². The van der Waals surface area contributed by atoms with Crippen molar-refractivity contribution in [2.24, 2.45) is 5.92 Å². The summed E-state index contributed by atoms with van der Waals surface area (Å²) in [6.07, 6.45) is 1.82. The van der Waals surface area contributed by atoms with Crippen LogP contribution in [0.4, 0.5) is 0 Å². The molecule has 150 valence electrons. The van der Waals surface area contributed by atoms with E-state index in [0.29, 0.717) is 18.2 Å². The molecule has 0 aromatic heterocycles. The van der Waals surface area contributed by atoms with E-state index in [1.165, 1.54) is 11.1 Å². The van der Waals surface area contributed by atoms with Crippen molar-refractivity contribution in [1.82, 2.24) is 10.2 Å². The van der Waals surface area contributed by atoms with Gasteiger partial charge in [-0.15, -0.1) is 0 Å². The molecule has 0 saturated carbocycles. The molecule has 1 aliphatic heterocycles. The Bertz CT molecular complexity index is 801. The van der Waals surface area contributed by atoms with Gasteiger partial charge in [0, 0.05) is 17.5 Å². The second kappa shape index (κ2) is 9.94. The minimum Gasteiger partial charge on any atom is -0.492 e. The second-order valence-electron chi connectivity index (χ2n) is 7.59. The van der Waals surface area contributed by atoms with Gasteiger partial charge in [-0.05, 0) is 63.0 Å². The van der Waals surface area contributed by atoms with Crippen LogP contribution in [0.5, 0.6) is 5.75 Å². The molecule has 1 saturated heterocycles. The number of halogens is 1. The fraction of sp³-hybridized carbons (Fsp3) is 0.435. The van der Waals surface area contributed by atoms with Gasteiger partial charge in [-0.1, -0.05) is 47.5 Å². The normalized spacial score (nSPS) is 15.4. The van der Waals surface area contributed by atoms with Crippen molar-refractivity contribution in [1.29, 1.82) is 0 Å². The lowest BCUT2D eigenvalue weighted by Gasteiger charge is -2.31. The van der Waals surface area contributed by atoms with E-state index in [-0.39, 0.29) is 11.8 Å². The molecule has 0 bridgehead atoms. The number of hydrogen-bond donors (Lipinski definition) is 1. The van der Waals surface area contributed by atoms with Crippen LogP contribution in [0.25, 0.3) is 0 Å². The molecule has 0 unspecified atom stereocenters. The predicted molar refractivity (Wildman–Crippen MR) is 114 cm³/mol. The molecule has 5 heteroatoms. The molecule has 0 radical (unpaired) electrons. The van der Waals surface area contributed by atoms with Gasteiger partial charge in [-0.2, -0.15) is 0 Å². The van der Waals surface area contributed by atoms with Gasteiger partial charge in [0.15, 0.2) is 0 Å². The summed E-state index contributed by atoms with van der Waals surface area (Å²) in [7, 11) is 0. The number of hydrogen-bond acceptors (Lipinski definition) is 3. The van der Waals surface area contributed by atoms with Gasteiger partial charge in [0.1, 0.15) is 12.4 Å². The lowest BCUT2D eigenvalue weighted by Crippen LogP contribution is -2.41. The van der Waals surface area contributed by atoms with Crippen LogP contribution >= 0.6 is 11.6 Å². The first-order valence-corrected chi connectivity index (χ1v) is 10.3. The van der Waals surface area contributed by atoms with Crippen LogP contribution < -0.4 is 10.1 Å². The standard InChI is InChI=1S/C23H29ClN2O2/c1-17-4-3-5-19(14-17)16-26-11-8-20(9-12-26)23(27)25-10-13-28-21-7-6-18(2)22(24)15-21/h3-7,14-15,20H,8-13,16H2,1-2H3,(H,25,27). The maximum atomic E-state index is 12.4. The Hall–Kier alpha value is -2.04. The van der Waals surface area contributed by atoms with Crippen LogP contribution in [-0.2, 0) is 11.3 Å². The Labute approximate surface area is 172 Å². The third-order valence-electron chi connectivity index (χ3n) is 5.26. The lowest BCUT2D eigenvalue weighted by molar-refractivity contribution is -0.126. The monoisotopic (exact) mass is 400 g/mol. The van der Waals surface area contributed by atoms with E-state index in [1.807, 2.05) is 25.1 Å². The number of aryl methyl sites for hydroxylation is 2. The zero-order chi connectivity index (χ0) is 19.9. The number of carbonyl (C=O) groups excluding carboxylic acids is 1. The van der Waals surface area contributed by atoms with Crippen molar-refractivity contribution in [2.75, 3.05) is 26.2 Å². The zero-order valence-corrected chi connectivity index (χ0v) is 17.5. The van der Waals surface area contributed by atoms with E-state index < -0.39 is 0 Å². The second-order valence-corrected chi connectivity index (χ2v) is 8.00. The van der Waals surface area contributed by atoms with Crippen LogP contribution in [0, 0.1) is 19.8 Å². The molecule has 2 aromatic rings. The van der Waals surface area contributed by atoms with Gasteiger partial charge >= 0.3 is 0 Å². The number of nitrogens with zero attached hydrogens (tertiary/aromatic N) is 1. The topological polar surface area (TPSA) is 41.6 Å². The first-order valence-electron chi connectivity index (χ1n) is 9.96. The Balaban J connectivity index is 1.35. The van der Waals surface area contributed by atoms with Crippen molar-refractivity contribution >= 4 is 17.5 Å². The number of ether oxygens (including phenoxy) is 1. The number of rotatable bonds is 7. The van der Waals surface area contributed by atoms with Crippen LogP contribution in [-0.4, -0.2) is 37.0 Å². The summed E-state index contributed by atoms with van der Waals surface area (Å²) in [5, 5.41) is 3.70. The zero-order valence-electron chi connectivity index (χ0n) is 16.7. The third kappa shape index (κ3) is 5.98. The summed E-state index contributed by atoms with van der Waals surface area (Å²) in [6, 6.07) is 14.3. The number of piperidine rings is 1. The van der Waals surface area contributed by atoms with Crippen LogP contribution in [0.15, 0.2) is 42.5 Å². The van der Waals surface area contributed by atoms with Gasteiger partial charge in [-0.25, -0.2) is 0 Å². The van der Waals surface area contributed by atoms with Crippen LogP contribution in [0.2, 0.25) is 5.02 Å². The van der Waals surface area contributed by atoms with Crippen LogP contribution in [0.1, 0.15) is 29.5 Å². The first kappa shape index (κ1) is 20.7. The number of nitrogens with one attached hydrogen (secondary N) is 1. The van der Waals surface area contributed by atoms with E-state index >= 15 is 0 Å². The SMILES string of the molecule is Cc1cccc(CN2CCC(C(=O)NCCOc3ccc(C)c(Cl)c3)CC2)c1. The molecule has 2 aromatic carbocycles. The van der Waals surface area contributed by atoms with Crippen molar-refractivity contribution < 1.29 is 9.53 Å². The number of amides is 1. The summed E-state index contributed by atoms with van der Waals surface area (Å²) in [5.41, 5.74) is 3.66. The molecule has 1 amide bonds. The highest BCUT2D eigenvalue weighted by atomic mass is 35.5. The number of benzene rings is 2. The van der Waals surface area contributed by atoms with Gasteiger partial charge in [0.05, 0.1) is 6.54 Å². The average molecular weight is 401 g/mol. The van der Waals surface area contributed by atoms with E-state index in [2.05, 4.69) is 41.4 Å². The van der Waals surface area contributed by atoms with Gasteiger partial charge < -0.3 is 10.1 Å². The molecule has 1 heterocycles. The third-order valence-corrected chi connectivity index (χ3v) is 5.67.